The smallest absolute Gasteiger partial charge is 0.134 e. The highest BCUT2D eigenvalue weighted by molar-refractivity contribution is 6.48. The number of nitrogens with zero attached hydrogens (tertiary/aromatic N) is 2. The molecule has 92 valence electrons. The molecular formula is C13H18N2O2. The van der Waals surface area contributed by atoms with Crippen LogP contribution in [-0.2, 0) is 0 Å². The van der Waals surface area contributed by atoms with E-state index in [0.29, 0.717) is 23.8 Å². The maximum Gasteiger partial charge on any atom is 0.134 e. The normalized spacial score (nSPS) is 13.2. The molecule has 0 spiro atoms. The van der Waals surface area contributed by atoms with Crippen LogP contribution in [0.25, 0.3) is 0 Å². The third-order valence-corrected chi connectivity index (χ3v) is 2.68. The first kappa shape index (κ1) is 13.2. The van der Waals surface area contributed by atoms with Gasteiger partial charge in [0, 0.05) is 5.56 Å². The molecule has 1 rings (SSSR count). The Morgan fingerprint density at radius 1 is 1.12 bits per heavy atom. The van der Waals surface area contributed by atoms with Gasteiger partial charge < -0.3 is 10.4 Å². The van der Waals surface area contributed by atoms with Gasteiger partial charge >= 0.3 is 0 Å². The molecule has 4 heteroatoms. The van der Waals surface area contributed by atoms with Crippen LogP contribution >= 0.6 is 0 Å². The van der Waals surface area contributed by atoms with Crippen LogP contribution in [0.3, 0.4) is 0 Å². The van der Waals surface area contributed by atoms with Crippen molar-refractivity contribution < 1.29 is 10.4 Å². The fourth-order valence-corrected chi connectivity index (χ4v) is 1.59. The average molecular weight is 234 g/mol. The van der Waals surface area contributed by atoms with Gasteiger partial charge in [0.25, 0.3) is 0 Å². The van der Waals surface area contributed by atoms with Crippen LogP contribution in [0.4, 0.5) is 0 Å². The monoisotopic (exact) mass is 234 g/mol. The molecule has 2 N–H and O–H groups in total. The first-order chi connectivity index (χ1) is 8.13. The molecule has 0 aliphatic carbocycles. The summed E-state index contributed by atoms with van der Waals surface area (Å²) < 4.78 is 0. The van der Waals surface area contributed by atoms with Gasteiger partial charge in [-0.3, -0.25) is 0 Å². The van der Waals surface area contributed by atoms with Crippen molar-refractivity contribution in [3.8, 4) is 0 Å². The van der Waals surface area contributed by atoms with Crippen molar-refractivity contribution in [2.75, 3.05) is 0 Å². The van der Waals surface area contributed by atoms with Crippen LogP contribution in [0.15, 0.2) is 34.6 Å². The Kier molecular flexibility index (Phi) is 4.69. The number of rotatable bonds is 4. The van der Waals surface area contributed by atoms with Gasteiger partial charge in [-0.25, -0.2) is 0 Å². The molecule has 0 radical (unpaired) electrons. The van der Waals surface area contributed by atoms with Gasteiger partial charge in [0.05, 0.1) is 0 Å². The van der Waals surface area contributed by atoms with Crippen LogP contribution in [0.1, 0.15) is 44.2 Å². The lowest BCUT2D eigenvalue weighted by Gasteiger charge is -2.08. The van der Waals surface area contributed by atoms with Gasteiger partial charge in [-0.05, 0) is 17.9 Å². The van der Waals surface area contributed by atoms with E-state index in [1.807, 2.05) is 31.2 Å². The average Bonchev–Trinajstić information content (AvgIpc) is 2.36. The minimum absolute atomic E-state index is 0.310. The van der Waals surface area contributed by atoms with E-state index in [9.17, 15) is 0 Å². The Bertz CT molecular complexity index is 420. The molecule has 0 aliphatic rings. The highest BCUT2D eigenvalue weighted by Crippen LogP contribution is 2.15. The third kappa shape index (κ3) is 3.06. The molecular weight excluding hydrogens is 216 g/mol. The topological polar surface area (TPSA) is 65.2 Å². The van der Waals surface area contributed by atoms with E-state index < -0.39 is 0 Å². The summed E-state index contributed by atoms with van der Waals surface area (Å²) in [6.07, 6.45) is 0.502. The summed E-state index contributed by atoms with van der Waals surface area (Å²) in [5.41, 5.74) is 2.63. The Hall–Kier alpha value is -1.84. The Balaban J connectivity index is 3.07. The van der Waals surface area contributed by atoms with E-state index in [1.54, 1.807) is 0 Å². The number of hydrogen-bond donors (Lipinski definition) is 2. The first-order valence-electron chi connectivity index (χ1n) is 5.67. The number of hydrogen-bond acceptors (Lipinski definition) is 4. The predicted molar refractivity (Wildman–Crippen MR) is 68.4 cm³/mol. The van der Waals surface area contributed by atoms with Crippen LogP contribution in [0, 0.1) is 0 Å². The van der Waals surface area contributed by atoms with E-state index in [4.69, 9.17) is 10.4 Å². The van der Waals surface area contributed by atoms with Crippen LogP contribution in [0.5, 0.6) is 0 Å². The largest absolute Gasteiger partial charge is 0.411 e. The molecule has 0 aromatic heterocycles. The molecule has 4 nitrogen and oxygen atoms in total. The molecule has 0 heterocycles. The van der Waals surface area contributed by atoms with E-state index in [0.717, 1.165) is 5.56 Å². The van der Waals surface area contributed by atoms with Crippen LogP contribution < -0.4 is 0 Å². The molecule has 0 amide bonds. The first-order valence-corrected chi connectivity index (χ1v) is 5.67. The summed E-state index contributed by atoms with van der Waals surface area (Å²) in [6.45, 7) is 6.06. The standard InChI is InChI=1S/C13H18N2O2/c1-4-12(14-16)13(15-17)11-7-5-10(6-8-11)9(2)3/h5-9,16-17H,4H2,1-3H3/b14-12+,15-13+. The molecule has 0 unspecified atom stereocenters. The summed E-state index contributed by atoms with van der Waals surface area (Å²) in [7, 11) is 0. The maximum atomic E-state index is 8.99. The minimum Gasteiger partial charge on any atom is -0.411 e. The predicted octanol–water partition coefficient (Wildman–Crippen LogP) is 3.23. The molecule has 17 heavy (non-hydrogen) atoms. The second-order valence-electron chi connectivity index (χ2n) is 4.13. The summed E-state index contributed by atoms with van der Waals surface area (Å²) in [5.74, 6) is 0.454. The maximum absolute atomic E-state index is 8.99. The molecule has 1 aromatic carbocycles. The van der Waals surface area contributed by atoms with E-state index in [1.165, 1.54) is 5.56 Å². The van der Waals surface area contributed by atoms with Gasteiger partial charge in [-0.2, -0.15) is 0 Å². The molecule has 0 fully saturated rings. The van der Waals surface area contributed by atoms with Gasteiger partial charge in [0.2, 0.25) is 0 Å². The number of oxime groups is 2. The lowest BCUT2D eigenvalue weighted by atomic mass is 9.98. The zero-order valence-electron chi connectivity index (χ0n) is 10.4. The molecule has 0 saturated carbocycles. The van der Waals surface area contributed by atoms with Crippen molar-refractivity contribution in [3.05, 3.63) is 35.4 Å². The minimum atomic E-state index is 0.310. The molecule has 0 bridgehead atoms. The Labute approximate surface area is 101 Å². The highest BCUT2D eigenvalue weighted by atomic mass is 16.4. The third-order valence-electron chi connectivity index (χ3n) is 2.68. The zero-order valence-corrected chi connectivity index (χ0v) is 10.4. The van der Waals surface area contributed by atoms with E-state index in [2.05, 4.69) is 24.2 Å². The Morgan fingerprint density at radius 2 is 1.71 bits per heavy atom. The molecule has 1 aromatic rings. The summed E-state index contributed by atoms with van der Waals surface area (Å²) in [5, 5.41) is 24.2. The fraction of sp³-hybridized carbons (Fsp3) is 0.385. The highest BCUT2D eigenvalue weighted by Gasteiger charge is 2.11. The summed E-state index contributed by atoms with van der Waals surface area (Å²) >= 11 is 0. The van der Waals surface area contributed by atoms with Gasteiger partial charge in [-0.1, -0.05) is 55.3 Å². The second kappa shape index (κ2) is 6.03. The van der Waals surface area contributed by atoms with Crippen molar-refractivity contribution >= 4 is 11.4 Å². The van der Waals surface area contributed by atoms with Crippen LogP contribution in [0.2, 0.25) is 0 Å². The van der Waals surface area contributed by atoms with Gasteiger partial charge in [-0.15, -0.1) is 0 Å². The van der Waals surface area contributed by atoms with Crippen molar-refractivity contribution in [3.63, 3.8) is 0 Å². The SMILES string of the molecule is CCC(=N\O)/C(=N/O)c1ccc(C(C)C)cc1. The van der Waals surface area contributed by atoms with Gasteiger partial charge in [0.15, 0.2) is 0 Å². The lowest BCUT2D eigenvalue weighted by molar-refractivity contribution is 0.313. The van der Waals surface area contributed by atoms with Crippen molar-refractivity contribution in [2.24, 2.45) is 10.3 Å². The quantitative estimate of drug-likeness (QED) is 0.477. The summed E-state index contributed by atoms with van der Waals surface area (Å²) in [4.78, 5) is 0. The number of benzene rings is 1. The van der Waals surface area contributed by atoms with Crippen molar-refractivity contribution in [2.45, 2.75) is 33.1 Å². The van der Waals surface area contributed by atoms with Crippen molar-refractivity contribution in [1.29, 1.82) is 0 Å². The van der Waals surface area contributed by atoms with Crippen molar-refractivity contribution in [1.82, 2.24) is 0 Å². The Morgan fingerprint density at radius 3 is 2.06 bits per heavy atom. The molecule has 0 aliphatic heterocycles. The molecule has 0 atom stereocenters. The molecule has 0 saturated heterocycles. The van der Waals surface area contributed by atoms with Crippen LogP contribution in [-0.4, -0.2) is 21.8 Å². The lowest BCUT2D eigenvalue weighted by Crippen LogP contribution is -2.15. The fourth-order valence-electron chi connectivity index (χ4n) is 1.59. The van der Waals surface area contributed by atoms with Gasteiger partial charge in [0.1, 0.15) is 11.4 Å². The van der Waals surface area contributed by atoms with E-state index in [-0.39, 0.29) is 0 Å². The summed E-state index contributed by atoms with van der Waals surface area (Å²) in [6, 6.07) is 7.70. The van der Waals surface area contributed by atoms with E-state index >= 15 is 0 Å². The zero-order chi connectivity index (χ0) is 12.8. The second-order valence-corrected chi connectivity index (χ2v) is 4.13.